The molecule has 0 fully saturated rings. The first-order valence-corrected chi connectivity index (χ1v) is 9.13. The molecular weight excluding hydrogens is 372 g/mol. The van der Waals surface area contributed by atoms with Crippen LogP contribution in [-0.2, 0) is 9.53 Å². The van der Waals surface area contributed by atoms with Gasteiger partial charge in [0.2, 0.25) is 6.79 Å². The first kappa shape index (κ1) is 18.6. The van der Waals surface area contributed by atoms with E-state index < -0.39 is 11.9 Å². The Morgan fingerprint density at radius 2 is 1.66 bits per heavy atom. The molecule has 0 bridgehead atoms. The van der Waals surface area contributed by atoms with Gasteiger partial charge in [-0.3, -0.25) is 4.79 Å². The van der Waals surface area contributed by atoms with Crippen molar-refractivity contribution in [1.82, 2.24) is 4.57 Å². The normalized spacial score (nSPS) is 11.9. The number of anilines is 1. The minimum absolute atomic E-state index is 0.159. The molecule has 1 aromatic heterocycles. The van der Waals surface area contributed by atoms with Gasteiger partial charge in [0.05, 0.1) is 5.56 Å². The summed E-state index contributed by atoms with van der Waals surface area (Å²) in [6.07, 6.45) is 0. The molecule has 1 aliphatic heterocycles. The van der Waals surface area contributed by atoms with Crippen molar-refractivity contribution in [3.05, 3.63) is 71.5 Å². The summed E-state index contributed by atoms with van der Waals surface area (Å²) < 4.78 is 17.7. The molecule has 1 aliphatic rings. The van der Waals surface area contributed by atoms with Crippen LogP contribution >= 0.6 is 0 Å². The molecule has 0 aliphatic carbocycles. The van der Waals surface area contributed by atoms with Crippen LogP contribution in [0.3, 0.4) is 0 Å². The van der Waals surface area contributed by atoms with Gasteiger partial charge in [0.25, 0.3) is 5.91 Å². The molecule has 7 heteroatoms. The van der Waals surface area contributed by atoms with E-state index in [9.17, 15) is 9.59 Å². The summed E-state index contributed by atoms with van der Waals surface area (Å²) in [7, 11) is 0. The van der Waals surface area contributed by atoms with Gasteiger partial charge >= 0.3 is 5.97 Å². The highest BCUT2D eigenvalue weighted by Crippen LogP contribution is 2.34. The lowest BCUT2D eigenvalue weighted by molar-refractivity contribution is -0.119. The third kappa shape index (κ3) is 3.94. The first-order chi connectivity index (χ1) is 14.0. The van der Waals surface area contributed by atoms with Crippen LogP contribution in [0.5, 0.6) is 11.5 Å². The number of aromatic nitrogens is 1. The number of fused-ring (bicyclic) bond motifs is 1. The SMILES string of the molecule is Cc1ccc(C)n1-c1ccc(C(=O)OCC(=O)Nc2ccc3c(c2)OCO3)cc1. The van der Waals surface area contributed by atoms with Crippen molar-refractivity contribution in [2.75, 3.05) is 18.7 Å². The zero-order valence-corrected chi connectivity index (χ0v) is 16.1. The van der Waals surface area contributed by atoms with E-state index in [1.807, 2.05) is 38.1 Å². The third-order valence-corrected chi connectivity index (χ3v) is 4.62. The number of ether oxygens (including phenoxy) is 3. The topological polar surface area (TPSA) is 78.8 Å². The summed E-state index contributed by atoms with van der Waals surface area (Å²) in [5, 5.41) is 2.66. The number of benzene rings is 2. The van der Waals surface area contributed by atoms with E-state index in [1.54, 1.807) is 30.3 Å². The molecule has 0 radical (unpaired) electrons. The van der Waals surface area contributed by atoms with Gasteiger partial charge in [-0.25, -0.2) is 4.79 Å². The van der Waals surface area contributed by atoms with E-state index in [-0.39, 0.29) is 13.4 Å². The molecule has 2 heterocycles. The van der Waals surface area contributed by atoms with E-state index in [1.165, 1.54) is 0 Å². The van der Waals surface area contributed by atoms with Gasteiger partial charge in [-0.15, -0.1) is 0 Å². The Labute approximate surface area is 167 Å². The van der Waals surface area contributed by atoms with Gasteiger partial charge in [-0.05, 0) is 62.4 Å². The van der Waals surface area contributed by atoms with Crippen molar-refractivity contribution < 1.29 is 23.8 Å². The predicted molar refractivity (Wildman–Crippen MR) is 107 cm³/mol. The highest BCUT2D eigenvalue weighted by Gasteiger charge is 2.15. The summed E-state index contributed by atoms with van der Waals surface area (Å²) in [6, 6.07) is 16.2. The van der Waals surface area contributed by atoms with Crippen LogP contribution in [-0.4, -0.2) is 29.8 Å². The number of amides is 1. The average Bonchev–Trinajstić information content (AvgIpc) is 3.32. The van der Waals surface area contributed by atoms with Gasteiger partial charge in [0.15, 0.2) is 18.1 Å². The molecule has 7 nitrogen and oxygen atoms in total. The van der Waals surface area contributed by atoms with Crippen LogP contribution < -0.4 is 14.8 Å². The number of carbonyl (C=O) groups excluding carboxylic acids is 2. The summed E-state index contributed by atoms with van der Waals surface area (Å²) in [4.78, 5) is 24.3. The van der Waals surface area contributed by atoms with Crippen LogP contribution in [0.4, 0.5) is 5.69 Å². The van der Waals surface area contributed by atoms with E-state index in [4.69, 9.17) is 14.2 Å². The maximum atomic E-state index is 12.2. The van der Waals surface area contributed by atoms with Crippen molar-refractivity contribution >= 4 is 17.6 Å². The maximum absolute atomic E-state index is 12.2. The fourth-order valence-electron chi connectivity index (χ4n) is 3.21. The smallest absolute Gasteiger partial charge is 0.338 e. The summed E-state index contributed by atoms with van der Waals surface area (Å²) >= 11 is 0. The molecule has 0 spiro atoms. The molecule has 0 unspecified atom stereocenters. The Morgan fingerprint density at radius 1 is 0.966 bits per heavy atom. The van der Waals surface area contributed by atoms with Crippen molar-refractivity contribution in [2.45, 2.75) is 13.8 Å². The van der Waals surface area contributed by atoms with Crippen LogP contribution in [0.1, 0.15) is 21.7 Å². The number of hydrogen-bond donors (Lipinski definition) is 1. The Balaban J connectivity index is 1.34. The highest BCUT2D eigenvalue weighted by molar-refractivity contribution is 5.95. The molecule has 0 atom stereocenters. The number of esters is 1. The maximum Gasteiger partial charge on any atom is 0.338 e. The number of rotatable bonds is 5. The Bertz CT molecular complexity index is 1050. The summed E-state index contributed by atoms with van der Waals surface area (Å²) in [5.74, 6) is 0.196. The highest BCUT2D eigenvalue weighted by atomic mass is 16.7. The first-order valence-electron chi connectivity index (χ1n) is 9.13. The van der Waals surface area contributed by atoms with E-state index in [0.29, 0.717) is 22.7 Å². The Morgan fingerprint density at radius 3 is 2.38 bits per heavy atom. The van der Waals surface area contributed by atoms with E-state index in [0.717, 1.165) is 17.1 Å². The lowest BCUT2D eigenvalue weighted by atomic mass is 10.2. The molecular formula is C22H20N2O5. The molecule has 29 heavy (non-hydrogen) atoms. The van der Waals surface area contributed by atoms with Crippen LogP contribution in [0.15, 0.2) is 54.6 Å². The number of nitrogens with one attached hydrogen (secondary N) is 1. The second kappa shape index (κ2) is 7.71. The second-order valence-electron chi connectivity index (χ2n) is 6.69. The van der Waals surface area contributed by atoms with Crippen molar-refractivity contribution in [3.63, 3.8) is 0 Å². The zero-order chi connectivity index (χ0) is 20.4. The average molecular weight is 392 g/mol. The number of nitrogens with zero attached hydrogens (tertiary/aromatic N) is 1. The fourth-order valence-corrected chi connectivity index (χ4v) is 3.21. The molecule has 3 aromatic rings. The van der Waals surface area contributed by atoms with Gasteiger partial charge in [0.1, 0.15) is 0 Å². The van der Waals surface area contributed by atoms with Crippen molar-refractivity contribution in [3.8, 4) is 17.2 Å². The van der Waals surface area contributed by atoms with E-state index in [2.05, 4.69) is 9.88 Å². The number of hydrogen-bond acceptors (Lipinski definition) is 5. The summed E-state index contributed by atoms with van der Waals surface area (Å²) in [6.45, 7) is 3.82. The minimum atomic E-state index is -0.557. The molecule has 148 valence electrons. The van der Waals surface area contributed by atoms with E-state index >= 15 is 0 Å². The second-order valence-corrected chi connectivity index (χ2v) is 6.69. The fraction of sp³-hybridized carbons (Fsp3) is 0.182. The largest absolute Gasteiger partial charge is 0.454 e. The van der Waals surface area contributed by atoms with Crippen molar-refractivity contribution in [2.24, 2.45) is 0 Å². The van der Waals surface area contributed by atoms with Crippen LogP contribution in [0.25, 0.3) is 5.69 Å². The van der Waals surface area contributed by atoms with Crippen LogP contribution in [0.2, 0.25) is 0 Å². The van der Waals surface area contributed by atoms with Gasteiger partial charge < -0.3 is 24.1 Å². The molecule has 1 N–H and O–H groups in total. The minimum Gasteiger partial charge on any atom is -0.454 e. The molecule has 0 saturated carbocycles. The van der Waals surface area contributed by atoms with Crippen LogP contribution in [0, 0.1) is 13.8 Å². The standard InChI is InChI=1S/C22H20N2O5/c1-14-3-4-15(2)24(14)18-8-5-16(6-9-18)22(26)27-12-21(25)23-17-7-10-19-20(11-17)29-13-28-19/h3-11H,12-13H2,1-2H3,(H,23,25). The third-order valence-electron chi connectivity index (χ3n) is 4.62. The zero-order valence-electron chi connectivity index (χ0n) is 16.1. The molecule has 0 saturated heterocycles. The lowest BCUT2D eigenvalue weighted by Crippen LogP contribution is -2.20. The quantitative estimate of drug-likeness (QED) is 0.671. The lowest BCUT2D eigenvalue weighted by Gasteiger charge is -2.10. The summed E-state index contributed by atoms with van der Waals surface area (Å²) in [5.41, 5.74) is 4.10. The Kier molecular flexibility index (Phi) is 4.95. The molecule has 4 rings (SSSR count). The number of carbonyl (C=O) groups is 2. The monoisotopic (exact) mass is 392 g/mol. The molecule has 2 aromatic carbocycles. The predicted octanol–water partition coefficient (Wildman–Crippen LogP) is 3.62. The van der Waals surface area contributed by atoms with Gasteiger partial charge in [0, 0.05) is 28.8 Å². The number of aryl methyl sites for hydroxylation is 2. The van der Waals surface area contributed by atoms with Gasteiger partial charge in [-0.2, -0.15) is 0 Å². The Hall–Kier alpha value is -3.74. The van der Waals surface area contributed by atoms with Gasteiger partial charge in [-0.1, -0.05) is 0 Å². The van der Waals surface area contributed by atoms with Crippen molar-refractivity contribution in [1.29, 1.82) is 0 Å². The molecule has 1 amide bonds.